The van der Waals surface area contributed by atoms with Crippen molar-refractivity contribution in [3.05, 3.63) is 0 Å². The molecule has 380 valence electrons. The van der Waals surface area contributed by atoms with Crippen molar-refractivity contribution in [3.63, 3.8) is 0 Å². The summed E-state index contributed by atoms with van der Waals surface area (Å²) in [6, 6.07) is 0. The topological polar surface area (TPSA) is 0 Å². The molecule has 10 saturated carbocycles. The first-order valence-electron chi connectivity index (χ1n) is 30.5. The van der Waals surface area contributed by atoms with E-state index in [1.54, 1.807) is 51.4 Å². The van der Waals surface area contributed by atoms with Crippen molar-refractivity contribution in [1.82, 2.24) is 0 Å². The van der Waals surface area contributed by atoms with Crippen LogP contribution in [0.2, 0.25) is 0 Å². The van der Waals surface area contributed by atoms with Crippen molar-refractivity contribution in [2.75, 3.05) is 0 Å². The second-order valence-corrected chi connectivity index (χ2v) is 27.3. The lowest BCUT2D eigenvalue weighted by Gasteiger charge is -2.28. The molecule has 0 radical (unpaired) electrons. The number of fused-ring (bicyclic) bond motifs is 4. The van der Waals surface area contributed by atoms with E-state index in [1.165, 1.54) is 180 Å². The molecule has 0 saturated heterocycles. The molecular formula is C64H124. The third-order valence-electron chi connectivity index (χ3n) is 20.3. The second kappa shape index (κ2) is 32.0. The SMILES string of the molecule is CC(C)C1CCCC1.CC1(C)CCCCC1.CC1C2CCC1CC2.CC1CCC(C)CC1.CC1CCC[C@@H](C)C1.CCC1(C)CCCC1.CCCC1CCCC1.C[C@H]1CC2CCC1C2. The molecule has 10 aliphatic carbocycles. The molecule has 0 spiro atoms. The van der Waals surface area contributed by atoms with Gasteiger partial charge in [-0.2, -0.15) is 0 Å². The molecule has 0 heterocycles. The molecule has 0 amide bonds. The molecule has 0 heteroatoms. The van der Waals surface area contributed by atoms with Crippen molar-refractivity contribution >= 4 is 0 Å². The molecule has 64 heavy (non-hydrogen) atoms. The lowest BCUT2D eigenvalue weighted by atomic mass is 9.78. The van der Waals surface area contributed by atoms with Crippen LogP contribution in [-0.4, -0.2) is 0 Å². The summed E-state index contributed by atoms with van der Waals surface area (Å²) in [5.41, 5.74) is 1.41. The molecule has 4 bridgehead atoms. The molecule has 10 rings (SSSR count). The highest BCUT2D eigenvalue weighted by atomic mass is 14.4. The summed E-state index contributed by atoms with van der Waals surface area (Å²) in [7, 11) is 0. The van der Waals surface area contributed by atoms with Crippen molar-refractivity contribution in [3.8, 4) is 0 Å². The Morgan fingerprint density at radius 1 is 0.422 bits per heavy atom. The number of hydrogen-bond acceptors (Lipinski definition) is 0. The minimum Gasteiger partial charge on any atom is -0.0654 e. The summed E-state index contributed by atoms with van der Waals surface area (Å²) >= 11 is 0. The van der Waals surface area contributed by atoms with Crippen LogP contribution in [0.4, 0.5) is 0 Å². The second-order valence-electron chi connectivity index (χ2n) is 27.3. The average Bonchev–Trinajstić information content (AvgIpc) is 4.15. The molecule has 10 aliphatic rings. The molecule has 0 aliphatic heterocycles. The quantitative estimate of drug-likeness (QED) is 0.264. The van der Waals surface area contributed by atoms with E-state index in [-0.39, 0.29) is 0 Å². The minimum absolute atomic E-state index is 0.679. The van der Waals surface area contributed by atoms with Gasteiger partial charge in [-0.15, -0.1) is 0 Å². The number of hydrogen-bond donors (Lipinski definition) is 0. The van der Waals surface area contributed by atoms with Gasteiger partial charge in [-0.05, 0) is 165 Å². The van der Waals surface area contributed by atoms with Gasteiger partial charge in [0.05, 0.1) is 0 Å². The Morgan fingerprint density at radius 2 is 0.891 bits per heavy atom. The zero-order valence-corrected chi connectivity index (χ0v) is 47.0. The lowest BCUT2D eigenvalue weighted by Crippen LogP contribution is -2.14. The van der Waals surface area contributed by atoms with Gasteiger partial charge in [0.25, 0.3) is 0 Å². The van der Waals surface area contributed by atoms with Gasteiger partial charge in [-0.25, -0.2) is 0 Å². The molecule has 3 unspecified atom stereocenters. The van der Waals surface area contributed by atoms with Crippen LogP contribution in [0.25, 0.3) is 0 Å². The zero-order chi connectivity index (χ0) is 47.0. The van der Waals surface area contributed by atoms with Crippen LogP contribution >= 0.6 is 0 Å². The predicted molar refractivity (Wildman–Crippen MR) is 290 cm³/mol. The highest BCUT2D eigenvalue weighted by molar-refractivity contribution is 4.89. The fourth-order valence-electron chi connectivity index (χ4n) is 14.7. The molecule has 0 nitrogen and oxygen atoms in total. The molecular weight excluding hydrogens is 769 g/mol. The third-order valence-corrected chi connectivity index (χ3v) is 20.3. The molecule has 0 aromatic heterocycles. The first-order chi connectivity index (χ1) is 30.5. The smallest absolute Gasteiger partial charge is 0.0328 e. The Balaban J connectivity index is 0.000000194. The molecule has 10 fully saturated rings. The van der Waals surface area contributed by atoms with E-state index < -0.39 is 0 Å². The Labute approximate surface area is 407 Å². The van der Waals surface area contributed by atoms with Crippen LogP contribution in [-0.2, 0) is 0 Å². The van der Waals surface area contributed by atoms with Gasteiger partial charge in [-0.3, -0.25) is 0 Å². The van der Waals surface area contributed by atoms with Crippen LogP contribution in [0.3, 0.4) is 0 Å². The van der Waals surface area contributed by atoms with Gasteiger partial charge in [0.15, 0.2) is 0 Å². The van der Waals surface area contributed by atoms with Gasteiger partial charge in [0.2, 0.25) is 0 Å². The van der Waals surface area contributed by atoms with Crippen LogP contribution in [0, 0.1) is 87.8 Å². The van der Waals surface area contributed by atoms with Crippen molar-refractivity contribution < 1.29 is 0 Å². The van der Waals surface area contributed by atoms with Crippen LogP contribution < -0.4 is 0 Å². The third kappa shape index (κ3) is 24.0. The standard InChI is InChI=1S/2C8H14.6C8H16/c1-6-4-7-2-3-8(6)5-7;1-6-7-2-3-8(6)5-4-7;1-7-3-5-8(2)6-4-7;1-7-4-3-5-8(2)6-7;1-8(2)6-4-3-5-7-8;1-7(2)8-5-3-4-6-8;1-3-8(2)6-4-5-7-8;1-2-5-8-6-3-4-7-8/h2*6-8H,2-5H2,1H3;2*7-8H,3-6H2,1-2H3;3-7H2,1-2H3;7-8H,3-6H2,1-2H3;3-7H2,1-2H3;8H,2-7H2,1H3/t6-,7?,8?;;;7-,8?;;;;/m0..1..../s1. The normalized spacial score (nSPS) is 35.5. The summed E-state index contributed by atoms with van der Waals surface area (Å²) in [6.07, 6.45) is 53.7. The first-order valence-corrected chi connectivity index (χ1v) is 30.5. The Bertz CT molecular complexity index is 1040. The summed E-state index contributed by atoms with van der Waals surface area (Å²) < 4.78 is 0. The van der Waals surface area contributed by atoms with E-state index in [4.69, 9.17) is 0 Å². The minimum atomic E-state index is 0.679. The van der Waals surface area contributed by atoms with E-state index in [2.05, 4.69) is 90.0 Å². The molecule has 0 N–H and O–H groups in total. The van der Waals surface area contributed by atoms with Crippen LogP contribution in [0.5, 0.6) is 0 Å². The monoisotopic (exact) mass is 893 g/mol. The van der Waals surface area contributed by atoms with E-state index in [0.29, 0.717) is 5.41 Å². The van der Waals surface area contributed by atoms with E-state index in [9.17, 15) is 0 Å². The Hall–Kier alpha value is 0. The molecule has 5 atom stereocenters. The molecule has 0 aromatic rings. The summed E-state index contributed by atoms with van der Waals surface area (Å²) in [6.45, 7) is 30.8. The van der Waals surface area contributed by atoms with E-state index in [0.717, 1.165) is 82.3 Å². The maximum absolute atomic E-state index is 2.44. The van der Waals surface area contributed by atoms with Gasteiger partial charge < -0.3 is 0 Å². The predicted octanol–water partition coefficient (Wildman–Crippen LogP) is 22.3. The highest BCUT2D eigenvalue weighted by Crippen LogP contribution is 2.49. The van der Waals surface area contributed by atoms with E-state index in [1.807, 2.05) is 0 Å². The van der Waals surface area contributed by atoms with Crippen molar-refractivity contribution in [2.45, 2.75) is 321 Å². The fraction of sp³-hybridized carbons (Fsp3) is 1.00. The summed E-state index contributed by atoms with van der Waals surface area (Å²) in [5.74, 6) is 13.9. The van der Waals surface area contributed by atoms with Crippen molar-refractivity contribution in [1.29, 1.82) is 0 Å². The number of rotatable bonds is 4. The zero-order valence-electron chi connectivity index (χ0n) is 47.0. The largest absolute Gasteiger partial charge is 0.0654 e. The Morgan fingerprint density at radius 3 is 1.16 bits per heavy atom. The van der Waals surface area contributed by atoms with E-state index >= 15 is 0 Å². The fourth-order valence-corrected chi connectivity index (χ4v) is 14.7. The maximum Gasteiger partial charge on any atom is -0.0328 e. The highest BCUT2D eigenvalue weighted by Gasteiger charge is 2.38. The Kier molecular flexibility index (Phi) is 29.2. The van der Waals surface area contributed by atoms with Gasteiger partial charge >= 0.3 is 0 Å². The lowest BCUT2D eigenvalue weighted by molar-refractivity contribution is 0.244. The van der Waals surface area contributed by atoms with Gasteiger partial charge in [0, 0.05) is 0 Å². The van der Waals surface area contributed by atoms with Crippen LogP contribution in [0.15, 0.2) is 0 Å². The summed E-state index contributed by atoms with van der Waals surface area (Å²) in [4.78, 5) is 0. The molecule has 0 aromatic carbocycles. The van der Waals surface area contributed by atoms with Crippen LogP contribution in [0.1, 0.15) is 321 Å². The van der Waals surface area contributed by atoms with Gasteiger partial charge in [0.1, 0.15) is 0 Å². The average molecular weight is 894 g/mol. The summed E-state index contributed by atoms with van der Waals surface area (Å²) in [5, 5.41) is 0. The van der Waals surface area contributed by atoms with Gasteiger partial charge in [-0.1, -0.05) is 244 Å². The van der Waals surface area contributed by atoms with Crippen molar-refractivity contribution in [2.24, 2.45) is 87.8 Å². The first kappa shape index (κ1) is 58.3. The maximum atomic E-state index is 2.44.